The molecule has 0 spiro atoms. The fourth-order valence-corrected chi connectivity index (χ4v) is 4.42. The molecule has 0 radical (unpaired) electrons. The van der Waals surface area contributed by atoms with Gasteiger partial charge in [0.1, 0.15) is 18.4 Å². The summed E-state index contributed by atoms with van der Waals surface area (Å²) in [7, 11) is 0. The van der Waals surface area contributed by atoms with Gasteiger partial charge in [-0.15, -0.1) is 0 Å². The summed E-state index contributed by atoms with van der Waals surface area (Å²) < 4.78 is 32.9. The van der Waals surface area contributed by atoms with E-state index in [9.17, 15) is 19.2 Å². The Morgan fingerprint density at radius 1 is 0.878 bits per heavy atom. The molecule has 2 aliphatic rings. The Hall–Kier alpha value is -2.90. The maximum atomic E-state index is 12.9. The van der Waals surface area contributed by atoms with Crippen LogP contribution in [-0.2, 0) is 44.6 Å². The molecule has 3 rings (SSSR count). The molecule has 0 bridgehead atoms. The van der Waals surface area contributed by atoms with Crippen molar-refractivity contribution in [3.63, 3.8) is 0 Å². The number of amides is 3. The first-order valence-corrected chi connectivity index (χ1v) is 14.3. The van der Waals surface area contributed by atoms with Crippen LogP contribution in [0.2, 0.25) is 0 Å². The largest absolute Gasteiger partial charge is 0.485 e. The van der Waals surface area contributed by atoms with E-state index in [0.29, 0.717) is 89.2 Å². The second kappa shape index (κ2) is 18.5. The second-order valence-corrected chi connectivity index (χ2v) is 9.67. The normalized spacial score (nSPS) is 16.7. The SMILES string of the molecule is CCCOCCOCCOCCOCCOCCCC(=O)COc1cccc2c1CN(C1CCC(=O)NC1=O)C2=O. The van der Waals surface area contributed by atoms with Gasteiger partial charge < -0.3 is 33.3 Å². The van der Waals surface area contributed by atoms with E-state index in [2.05, 4.69) is 12.2 Å². The quantitative estimate of drug-likeness (QED) is 0.160. The highest BCUT2D eigenvalue weighted by atomic mass is 16.6. The van der Waals surface area contributed by atoms with Crippen LogP contribution in [0, 0.1) is 0 Å². The van der Waals surface area contributed by atoms with Crippen molar-refractivity contribution in [1.29, 1.82) is 0 Å². The van der Waals surface area contributed by atoms with Crippen LogP contribution in [0.3, 0.4) is 0 Å². The molecule has 41 heavy (non-hydrogen) atoms. The average Bonchev–Trinajstić information content (AvgIpc) is 3.30. The number of rotatable bonds is 22. The molecule has 228 valence electrons. The van der Waals surface area contributed by atoms with Crippen molar-refractivity contribution in [2.75, 3.05) is 72.7 Å². The lowest BCUT2D eigenvalue weighted by atomic mass is 10.0. The van der Waals surface area contributed by atoms with Crippen LogP contribution in [0.1, 0.15) is 54.9 Å². The number of hydrogen-bond acceptors (Lipinski definition) is 10. The Morgan fingerprint density at radius 2 is 1.49 bits per heavy atom. The van der Waals surface area contributed by atoms with E-state index in [1.165, 1.54) is 4.90 Å². The summed E-state index contributed by atoms with van der Waals surface area (Å²) in [4.78, 5) is 50.4. The maximum absolute atomic E-state index is 12.9. The van der Waals surface area contributed by atoms with Gasteiger partial charge in [-0.2, -0.15) is 0 Å². The lowest BCUT2D eigenvalue weighted by molar-refractivity contribution is -0.137. The van der Waals surface area contributed by atoms with Crippen LogP contribution < -0.4 is 10.1 Å². The first-order chi connectivity index (χ1) is 20.0. The predicted octanol–water partition coefficient (Wildman–Crippen LogP) is 1.67. The molecule has 0 aromatic heterocycles. The van der Waals surface area contributed by atoms with Crippen molar-refractivity contribution >= 4 is 23.5 Å². The van der Waals surface area contributed by atoms with E-state index in [1.807, 2.05) is 0 Å². The number of carbonyl (C=O) groups excluding carboxylic acids is 4. The highest BCUT2D eigenvalue weighted by Gasteiger charge is 2.40. The van der Waals surface area contributed by atoms with Crippen molar-refractivity contribution in [2.24, 2.45) is 0 Å². The highest BCUT2D eigenvalue weighted by molar-refractivity contribution is 6.05. The van der Waals surface area contributed by atoms with Gasteiger partial charge in [-0.25, -0.2) is 0 Å². The number of hydrogen-bond donors (Lipinski definition) is 1. The minimum atomic E-state index is -0.702. The zero-order chi connectivity index (χ0) is 29.3. The fraction of sp³-hybridized carbons (Fsp3) is 0.655. The Balaban J connectivity index is 1.20. The number of ketones is 1. The number of Topliss-reactive ketones (excluding diaryl/α,β-unsaturated/α-hetero) is 1. The molecule has 1 aromatic rings. The lowest BCUT2D eigenvalue weighted by Gasteiger charge is -2.29. The summed E-state index contributed by atoms with van der Waals surface area (Å²) in [6, 6.07) is 4.37. The van der Waals surface area contributed by atoms with Crippen LogP contribution in [-0.4, -0.2) is 107 Å². The molecule has 12 nitrogen and oxygen atoms in total. The Labute approximate surface area is 240 Å². The van der Waals surface area contributed by atoms with E-state index in [1.54, 1.807) is 18.2 Å². The number of imide groups is 1. The van der Waals surface area contributed by atoms with Crippen molar-refractivity contribution in [2.45, 2.75) is 51.6 Å². The third-order valence-corrected chi connectivity index (χ3v) is 6.51. The monoisotopic (exact) mass is 578 g/mol. The summed E-state index contributed by atoms with van der Waals surface area (Å²) in [6.07, 6.45) is 2.34. The summed E-state index contributed by atoms with van der Waals surface area (Å²) in [5, 5.41) is 2.29. The number of piperidine rings is 1. The lowest BCUT2D eigenvalue weighted by Crippen LogP contribution is -2.52. The van der Waals surface area contributed by atoms with Crippen molar-refractivity contribution in [1.82, 2.24) is 10.2 Å². The first kappa shape index (κ1) is 32.6. The van der Waals surface area contributed by atoms with E-state index >= 15 is 0 Å². The number of fused-ring (bicyclic) bond motifs is 1. The van der Waals surface area contributed by atoms with Crippen LogP contribution in [0.4, 0.5) is 0 Å². The first-order valence-electron chi connectivity index (χ1n) is 14.3. The molecule has 1 N–H and O–H groups in total. The van der Waals surface area contributed by atoms with Crippen molar-refractivity contribution < 1.29 is 47.6 Å². The number of ether oxygens (including phenoxy) is 6. The number of nitrogens with one attached hydrogen (secondary N) is 1. The third-order valence-electron chi connectivity index (χ3n) is 6.51. The standard InChI is InChI=1S/C29H42N2O10/c1-2-10-36-12-14-38-16-18-40-19-17-39-15-13-37-11-4-5-22(32)21-41-26-7-3-6-23-24(26)20-31(29(23)35)25-8-9-27(33)30-28(25)34/h3,6-7,25H,2,4-5,8-21H2,1H3,(H,30,33,34). The molecule has 1 atom stereocenters. The molecule has 1 fully saturated rings. The van der Waals surface area contributed by atoms with Gasteiger partial charge in [-0.05, 0) is 31.4 Å². The van der Waals surface area contributed by atoms with E-state index in [-0.39, 0.29) is 43.6 Å². The molecular formula is C29H42N2O10. The van der Waals surface area contributed by atoms with Gasteiger partial charge in [0.25, 0.3) is 5.91 Å². The Kier molecular flexibility index (Phi) is 14.7. The average molecular weight is 579 g/mol. The smallest absolute Gasteiger partial charge is 0.255 e. The number of benzene rings is 1. The van der Waals surface area contributed by atoms with Gasteiger partial charge >= 0.3 is 0 Å². The maximum Gasteiger partial charge on any atom is 0.255 e. The van der Waals surface area contributed by atoms with Gasteiger partial charge in [-0.3, -0.25) is 24.5 Å². The topological polar surface area (TPSA) is 139 Å². The summed E-state index contributed by atoms with van der Waals surface area (Å²) in [5.41, 5.74) is 1.09. The van der Waals surface area contributed by atoms with Gasteiger partial charge in [0.15, 0.2) is 5.78 Å². The second-order valence-electron chi connectivity index (χ2n) is 9.67. The van der Waals surface area contributed by atoms with E-state index < -0.39 is 11.9 Å². The molecule has 3 amide bonds. The molecule has 2 heterocycles. The summed E-state index contributed by atoms with van der Waals surface area (Å²) >= 11 is 0. The Morgan fingerprint density at radius 3 is 2.10 bits per heavy atom. The molecule has 0 saturated carbocycles. The fourth-order valence-electron chi connectivity index (χ4n) is 4.42. The zero-order valence-electron chi connectivity index (χ0n) is 23.9. The number of carbonyl (C=O) groups is 4. The summed E-state index contributed by atoms with van der Waals surface area (Å²) in [5.74, 6) is -0.720. The van der Waals surface area contributed by atoms with Gasteiger partial charge in [0.05, 0.1) is 59.4 Å². The zero-order valence-corrected chi connectivity index (χ0v) is 23.9. The minimum Gasteiger partial charge on any atom is -0.485 e. The highest BCUT2D eigenvalue weighted by Crippen LogP contribution is 2.33. The van der Waals surface area contributed by atoms with Crippen molar-refractivity contribution in [3.05, 3.63) is 29.3 Å². The van der Waals surface area contributed by atoms with Crippen molar-refractivity contribution in [3.8, 4) is 5.75 Å². The molecular weight excluding hydrogens is 536 g/mol. The van der Waals surface area contributed by atoms with Crippen LogP contribution in [0.5, 0.6) is 5.75 Å². The third kappa shape index (κ3) is 11.1. The van der Waals surface area contributed by atoms with Gasteiger partial charge in [0.2, 0.25) is 11.8 Å². The van der Waals surface area contributed by atoms with E-state index in [4.69, 9.17) is 28.4 Å². The van der Waals surface area contributed by atoms with Gasteiger partial charge in [0, 0.05) is 37.2 Å². The van der Waals surface area contributed by atoms with Crippen LogP contribution in [0.15, 0.2) is 18.2 Å². The van der Waals surface area contributed by atoms with Gasteiger partial charge in [-0.1, -0.05) is 13.0 Å². The van der Waals surface area contributed by atoms with Crippen LogP contribution >= 0.6 is 0 Å². The summed E-state index contributed by atoms with van der Waals surface area (Å²) in [6.45, 7) is 7.36. The molecule has 12 heteroatoms. The molecule has 1 saturated heterocycles. The predicted molar refractivity (Wildman–Crippen MR) is 147 cm³/mol. The van der Waals surface area contributed by atoms with E-state index in [0.717, 1.165) is 13.0 Å². The number of nitrogens with zero attached hydrogens (tertiary/aromatic N) is 1. The Bertz CT molecular complexity index is 1000. The molecule has 1 aromatic carbocycles. The molecule has 0 aliphatic carbocycles. The minimum absolute atomic E-state index is 0.0802. The van der Waals surface area contributed by atoms with Crippen LogP contribution in [0.25, 0.3) is 0 Å². The molecule has 2 aliphatic heterocycles. The molecule has 1 unspecified atom stereocenters.